The van der Waals surface area contributed by atoms with E-state index in [9.17, 15) is 9.59 Å². The van der Waals surface area contributed by atoms with E-state index in [1.807, 2.05) is 45.0 Å². The van der Waals surface area contributed by atoms with Crippen molar-refractivity contribution in [2.24, 2.45) is 5.92 Å². The van der Waals surface area contributed by atoms with Crippen molar-refractivity contribution in [3.05, 3.63) is 54.0 Å². The Morgan fingerprint density at radius 3 is 2.41 bits per heavy atom. The molecule has 22 heavy (non-hydrogen) atoms. The normalized spacial score (nSPS) is 12.0. The lowest BCUT2D eigenvalue weighted by atomic mass is 10.0. The van der Waals surface area contributed by atoms with Gasteiger partial charge in [-0.05, 0) is 36.6 Å². The van der Waals surface area contributed by atoms with Crippen LogP contribution in [0.3, 0.4) is 0 Å². The number of hydrogen-bond acceptors (Lipinski definition) is 3. The summed E-state index contributed by atoms with van der Waals surface area (Å²) in [5.74, 6) is -0.509. The Morgan fingerprint density at radius 1 is 1.09 bits per heavy atom. The van der Waals surface area contributed by atoms with Gasteiger partial charge in [0.25, 0.3) is 5.91 Å². The summed E-state index contributed by atoms with van der Waals surface area (Å²) in [6.07, 6.45) is 1.42. The fourth-order valence-electron chi connectivity index (χ4n) is 2.08. The van der Waals surface area contributed by atoms with Gasteiger partial charge in [-0.3, -0.25) is 9.59 Å². The topological polar surface area (TPSA) is 71.3 Å². The van der Waals surface area contributed by atoms with Crippen LogP contribution in [0.5, 0.6) is 0 Å². The van der Waals surface area contributed by atoms with E-state index in [0.29, 0.717) is 0 Å². The summed E-state index contributed by atoms with van der Waals surface area (Å²) in [5.41, 5.74) is 1.71. The second-order valence-electron chi connectivity index (χ2n) is 5.48. The van der Waals surface area contributed by atoms with Crippen molar-refractivity contribution in [3.8, 4) is 0 Å². The van der Waals surface area contributed by atoms with Crippen LogP contribution in [0.25, 0.3) is 0 Å². The van der Waals surface area contributed by atoms with Gasteiger partial charge in [-0.25, -0.2) is 0 Å². The van der Waals surface area contributed by atoms with E-state index in [2.05, 4.69) is 10.6 Å². The first-order chi connectivity index (χ1) is 10.5. The Morgan fingerprint density at radius 2 is 1.82 bits per heavy atom. The average molecular weight is 300 g/mol. The summed E-state index contributed by atoms with van der Waals surface area (Å²) in [6, 6.07) is 10.1. The fraction of sp³-hybridized carbons (Fsp3) is 0.294. The number of hydrogen-bond donors (Lipinski definition) is 2. The SMILES string of the molecule is Cc1ccccc1NC(=O)[C@@H](NC(=O)c1ccco1)C(C)C. The van der Waals surface area contributed by atoms with Gasteiger partial charge in [0.2, 0.25) is 5.91 Å². The largest absolute Gasteiger partial charge is 0.459 e. The van der Waals surface area contributed by atoms with Crippen molar-refractivity contribution >= 4 is 17.5 Å². The second-order valence-corrected chi connectivity index (χ2v) is 5.48. The van der Waals surface area contributed by atoms with Gasteiger partial charge < -0.3 is 15.1 Å². The number of carbonyl (C=O) groups is 2. The van der Waals surface area contributed by atoms with Crippen LogP contribution in [0.1, 0.15) is 30.0 Å². The molecule has 5 heteroatoms. The Balaban J connectivity index is 2.09. The monoisotopic (exact) mass is 300 g/mol. The molecule has 0 saturated heterocycles. The number of para-hydroxylation sites is 1. The molecule has 0 aliphatic rings. The zero-order valence-corrected chi connectivity index (χ0v) is 12.9. The van der Waals surface area contributed by atoms with Crippen LogP contribution < -0.4 is 10.6 Å². The fourth-order valence-corrected chi connectivity index (χ4v) is 2.08. The molecular weight excluding hydrogens is 280 g/mol. The third-order valence-electron chi connectivity index (χ3n) is 3.38. The van der Waals surface area contributed by atoms with Crippen molar-refractivity contribution < 1.29 is 14.0 Å². The van der Waals surface area contributed by atoms with Gasteiger partial charge >= 0.3 is 0 Å². The molecule has 0 radical (unpaired) electrons. The lowest BCUT2D eigenvalue weighted by molar-refractivity contribution is -0.118. The molecule has 1 atom stereocenters. The molecule has 116 valence electrons. The molecule has 0 unspecified atom stereocenters. The predicted molar refractivity (Wildman–Crippen MR) is 84.6 cm³/mol. The van der Waals surface area contributed by atoms with E-state index in [-0.39, 0.29) is 17.6 Å². The number of amides is 2. The summed E-state index contributed by atoms with van der Waals surface area (Å²) >= 11 is 0. The minimum absolute atomic E-state index is 0.0528. The van der Waals surface area contributed by atoms with Crippen LogP contribution in [-0.4, -0.2) is 17.9 Å². The Labute approximate surface area is 129 Å². The zero-order chi connectivity index (χ0) is 16.1. The van der Waals surface area contributed by atoms with Crippen LogP contribution >= 0.6 is 0 Å². The molecule has 1 heterocycles. The van der Waals surface area contributed by atoms with Crippen molar-refractivity contribution in [3.63, 3.8) is 0 Å². The van der Waals surface area contributed by atoms with Gasteiger partial charge in [0.1, 0.15) is 6.04 Å². The number of carbonyl (C=O) groups excluding carboxylic acids is 2. The third kappa shape index (κ3) is 3.75. The maximum absolute atomic E-state index is 12.5. The highest BCUT2D eigenvalue weighted by atomic mass is 16.3. The minimum atomic E-state index is -0.641. The number of rotatable bonds is 5. The van der Waals surface area contributed by atoms with E-state index in [1.54, 1.807) is 12.1 Å². The van der Waals surface area contributed by atoms with Crippen LogP contribution in [0, 0.1) is 12.8 Å². The number of benzene rings is 1. The third-order valence-corrected chi connectivity index (χ3v) is 3.38. The molecule has 0 saturated carbocycles. The first-order valence-corrected chi connectivity index (χ1v) is 7.20. The van der Waals surface area contributed by atoms with Gasteiger partial charge in [0, 0.05) is 5.69 Å². The first-order valence-electron chi connectivity index (χ1n) is 7.20. The standard InChI is InChI=1S/C17H20N2O3/c1-11(2)15(19-16(20)14-9-6-10-22-14)17(21)18-13-8-5-4-7-12(13)3/h4-11,15H,1-3H3,(H,18,21)(H,19,20)/t15-/m0/s1. The molecule has 0 aliphatic carbocycles. The first kappa shape index (κ1) is 15.8. The lowest BCUT2D eigenvalue weighted by Gasteiger charge is -2.21. The van der Waals surface area contributed by atoms with Crippen molar-refractivity contribution in [2.75, 3.05) is 5.32 Å². The molecular formula is C17H20N2O3. The molecule has 2 amide bonds. The van der Waals surface area contributed by atoms with Crippen LogP contribution in [-0.2, 0) is 4.79 Å². The summed E-state index contributed by atoms with van der Waals surface area (Å²) < 4.78 is 5.05. The predicted octanol–water partition coefficient (Wildman–Crippen LogP) is 2.98. The Hall–Kier alpha value is -2.56. The van der Waals surface area contributed by atoms with Crippen LogP contribution in [0.2, 0.25) is 0 Å². The molecule has 1 aromatic carbocycles. The van der Waals surface area contributed by atoms with E-state index < -0.39 is 11.9 Å². The second kappa shape index (κ2) is 6.93. The smallest absolute Gasteiger partial charge is 0.287 e. The van der Waals surface area contributed by atoms with Gasteiger partial charge in [-0.1, -0.05) is 32.0 Å². The van der Waals surface area contributed by atoms with Crippen LogP contribution in [0.4, 0.5) is 5.69 Å². The molecule has 2 N–H and O–H groups in total. The number of nitrogens with one attached hydrogen (secondary N) is 2. The maximum Gasteiger partial charge on any atom is 0.287 e. The Bertz CT molecular complexity index is 648. The summed E-state index contributed by atoms with van der Waals surface area (Å²) in [5, 5.41) is 5.57. The molecule has 1 aromatic heterocycles. The summed E-state index contributed by atoms with van der Waals surface area (Å²) in [7, 11) is 0. The van der Waals surface area contributed by atoms with E-state index in [0.717, 1.165) is 11.3 Å². The average Bonchev–Trinajstić information content (AvgIpc) is 3.00. The Kier molecular flexibility index (Phi) is 4.99. The summed E-state index contributed by atoms with van der Waals surface area (Å²) in [6.45, 7) is 5.68. The highest BCUT2D eigenvalue weighted by Crippen LogP contribution is 2.15. The van der Waals surface area contributed by atoms with Gasteiger partial charge in [0.05, 0.1) is 6.26 Å². The molecule has 2 aromatic rings. The molecule has 5 nitrogen and oxygen atoms in total. The zero-order valence-electron chi connectivity index (χ0n) is 12.9. The minimum Gasteiger partial charge on any atom is -0.459 e. The maximum atomic E-state index is 12.5. The number of aryl methyl sites for hydroxylation is 1. The van der Waals surface area contributed by atoms with Crippen molar-refractivity contribution in [2.45, 2.75) is 26.8 Å². The van der Waals surface area contributed by atoms with E-state index >= 15 is 0 Å². The molecule has 2 rings (SSSR count). The lowest BCUT2D eigenvalue weighted by Crippen LogP contribution is -2.47. The molecule has 0 fully saturated rings. The van der Waals surface area contributed by atoms with Gasteiger partial charge in [0.15, 0.2) is 5.76 Å². The van der Waals surface area contributed by atoms with Gasteiger partial charge in [-0.15, -0.1) is 0 Å². The highest BCUT2D eigenvalue weighted by Gasteiger charge is 2.25. The molecule has 0 aliphatic heterocycles. The number of anilines is 1. The molecule has 0 bridgehead atoms. The quantitative estimate of drug-likeness (QED) is 0.891. The van der Waals surface area contributed by atoms with Gasteiger partial charge in [-0.2, -0.15) is 0 Å². The van der Waals surface area contributed by atoms with E-state index in [4.69, 9.17) is 4.42 Å². The van der Waals surface area contributed by atoms with E-state index in [1.165, 1.54) is 6.26 Å². The van der Waals surface area contributed by atoms with Crippen LogP contribution in [0.15, 0.2) is 47.1 Å². The summed E-state index contributed by atoms with van der Waals surface area (Å²) in [4.78, 5) is 24.5. The molecule has 0 spiro atoms. The highest BCUT2D eigenvalue weighted by molar-refractivity contribution is 6.00. The number of furan rings is 1. The van der Waals surface area contributed by atoms with Crippen molar-refractivity contribution in [1.29, 1.82) is 0 Å². The van der Waals surface area contributed by atoms with Crippen molar-refractivity contribution in [1.82, 2.24) is 5.32 Å².